The molecule has 7 nitrogen and oxygen atoms in total. The van der Waals surface area contributed by atoms with Crippen molar-refractivity contribution < 1.29 is 24.1 Å². The Morgan fingerprint density at radius 3 is 2.89 bits per heavy atom. The van der Waals surface area contributed by atoms with Crippen molar-refractivity contribution in [3.8, 4) is 0 Å². The van der Waals surface area contributed by atoms with Crippen molar-refractivity contribution >= 4 is 11.7 Å². The molecule has 3 aliphatic heterocycles. The maximum Gasteiger partial charge on any atom is 0.310 e. The van der Waals surface area contributed by atoms with E-state index >= 15 is 0 Å². The van der Waals surface area contributed by atoms with Crippen LogP contribution in [0.2, 0.25) is 0 Å². The number of esters is 1. The van der Waals surface area contributed by atoms with Gasteiger partial charge in [-0.05, 0) is 24.1 Å². The highest BCUT2D eigenvalue weighted by Crippen LogP contribution is 2.66. The van der Waals surface area contributed by atoms with Crippen molar-refractivity contribution in [2.75, 3.05) is 26.1 Å². The third-order valence-electron chi connectivity index (χ3n) is 7.44. The maximum atomic E-state index is 13.2. The molecule has 7 unspecified atom stereocenters. The second-order valence-corrected chi connectivity index (χ2v) is 8.27. The molecule has 1 aromatic carbocycles. The number of para-hydroxylation sites is 1. The number of allylic oxidation sites excluding steroid dienone is 1. The fraction of sp³-hybridized carbons (Fsp3) is 0.571. The van der Waals surface area contributed by atoms with Gasteiger partial charge in [-0.15, -0.1) is 0 Å². The number of rotatable bonds is 2. The summed E-state index contributed by atoms with van der Waals surface area (Å²) in [6.45, 7) is 2.30. The van der Waals surface area contributed by atoms with E-state index in [1.165, 1.54) is 7.11 Å². The number of carbonyl (C=O) groups is 1. The number of quaternary nitrogens is 1. The first-order valence-corrected chi connectivity index (χ1v) is 9.86. The molecule has 0 amide bonds. The van der Waals surface area contributed by atoms with E-state index in [9.17, 15) is 10.0 Å². The highest BCUT2D eigenvalue weighted by molar-refractivity contribution is 5.80. The van der Waals surface area contributed by atoms with Gasteiger partial charge in [0.15, 0.2) is 6.29 Å². The zero-order valence-electron chi connectivity index (χ0n) is 16.4. The molecule has 2 saturated heterocycles. The lowest BCUT2D eigenvalue weighted by Crippen LogP contribution is -3.17. The van der Waals surface area contributed by atoms with Crippen LogP contribution in [-0.2, 0) is 24.4 Å². The number of fused-ring (bicyclic) bond motifs is 3. The zero-order chi connectivity index (χ0) is 19.7. The van der Waals surface area contributed by atoms with E-state index in [0.717, 1.165) is 16.8 Å². The van der Waals surface area contributed by atoms with Gasteiger partial charge in [-0.3, -0.25) is 4.79 Å². The number of methoxy groups -OCH3 is 2. The quantitative estimate of drug-likeness (QED) is 0.448. The van der Waals surface area contributed by atoms with Gasteiger partial charge in [0.2, 0.25) is 5.72 Å². The SMILES string of the molecule is CC=C1C[NH+]([O-])C2CC1C(C(=O)OC)C13CC(OC)OC21Nc1ccccc13. The van der Waals surface area contributed by atoms with Gasteiger partial charge in [0.05, 0.1) is 25.0 Å². The highest BCUT2D eigenvalue weighted by atomic mass is 16.7. The summed E-state index contributed by atoms with van der Waals surface area (Å²) in [6, 6.07) is 7.63. The lowest BCUT2D eigenvalue weighted by Gasteiger charge is -2.59. The molecule has 4 aliphatic rings. The monoisotopic (exact) mass is 386 g/mol. The Hall–Kier alpha value is -1.93. The van der Waals surface area contributed by atoms with Crippen LogP contribution in [0.25, 0.3) is 0 Å². The molecular formula is C21H26N2O5. The first kappa shape index (κ1) is 18.1. The van der Waals surface area contributed by atoms with E-state index < -0.39 is 23.3 Å². The molecule has 0 radical (unpaired) electrons. The van der Waals surface area contributed by atoms with Crippen molar-refractivity contribution in [3.05, 3.63) is 46.7 Å². The summed E-state index contributed by atoms with van der Waals surface area (Å²) in [4.78, 5) is 13.2. The Labute approximate surface area is 164 Å². The summed E-state index contributed by atoms with van der Waals surface area (Å²) in [5, 5.41) is 16.9. The molecule has 2 bridgehead atoms. The number of hydroxylamine groups is 2. The summed E-state index contributed by atoms with van der Waals surface area (Å²) in [5.74, 6) is -0.731. The number of hydrogen-bond acceptors (Lipinski definition) is 6. The summed E-state index contributed by atoms with van der Waals surface area (Å²) >= 11 is 0. The number of nitrogens with one attached hydrogen (secondary N) is 2. The zero-order valence-corrected chi connectivity index (χ0v) is 16.4. The number of benzene rings is 1. The minimum absolute atomic E-state index is 0.0413. The van der Waals surface area contributed by atoms with Crippen LogP contribution < -0.4 is 10.4 Å². The third-order valence-corrected chi connectivity index (χ3v) is 7.44. The van der Waals surface area contributed by atoms with Gasteiger partial charge in [-0.2, -0.15) is 0 Å². The molecule has 7 atom stereocenters. The van der Waals surface area contributed by atoms with Crippen molar-refractivity contribution in [2.24, 2.45) is 11.8 Å². The standard InChI is InChI=1S/C21H26N2O5/c1-4-12-11-23(25)16-9-13(12)18(19(24)27-3)20-10-17(26-2)28-21(16,20)22-15-8-6-5-7-14(15)20/h4-8,13,16-18,22-23H,9-11H2,1-3H3. The van der Waals surface area contributed by atoms with Gasteiger partial charge in [-0.1, -0.05) is 24.3 Å². The number of anilines is 1. The fourth-order valence-electron chi connectivity index (χ4n) is 6.43. The summed E-state index contributed by atoms with van der Waals surface area (Å²) in [7, 11) is 3.04. The Morgan fingerprint density at radius 1 is 1.39 bits per heavy atom. The van der Waals surface area contributed by atoms with E-state index in [0.29, 0.717) is 19.4 Å². The molecule has 2 N–H and O–H groups in total. The largest absolute Gasteiger partial charge is 0.634 e. The molecule has 1 aromatic rings. The van der Waals surface area contributed by atoms with Crippen LogP contribution in [-0.4, -0.2) is 44.8 Å². The predicted molar refractivity (Wildman–Crippen MR) is 101 cm³/mol. The molecule has 1 saturated carbocycles. The fourth-order valence-corrected chi connectivity index (χ4v) is 6.43. The topological polar surface area (TPSA) is 84.3 Å². The van der Waals surface area contributed by atoms with Crippen LogP contribution in [0.5, 0.6) is 0 Å². The van der Waals surface area contributed by atoms with Gasteiger partial charge in [-0.25, -0.2) is 0 Å². The number of carbonyl (C=O) groups excluding carboxylic acids is 1. The van der Waals surface area contributed by atoms with Gasteiger partial charge < -0.3 is 29.8 Å². The lowest BCUT2D eigenvalue weighted by atomic mass is 9.51. The van der Waals surface area contributed by atoms with E-state index in [1.54, 1.807) is 7.11 Å². The Bertz CT molecular complexity index is 857. The predicted octanol–water partition coefficient (Wildman–Crippen LogP) is 0.959. The first-order valence-electron chi connectivity index (χ1n) is 9.86. The summed E-state index contributed by atoms with van der Waals surface area (Å²) in [5.41, 5.74) is 1.28. The van der Waals surface area contributed by atoms with E-state index in [2.05, 4.69) is 5.32 Å². The van der Waals surface area contributed by atoms with Crippen LogP contribution in [0.4, 0.5) is 5.69 Å². The second kappa shape index (κ2) is 6.03. The second-order valence-electron chi connectivity index (χ2n) is 8.27. The molecule has 3 fully saturated rings. The van der Waals surface area contributed by atoms with Crippen LogP contribution in [0.3, 0.4) is 0 Å². The average molecular weight is 386 g/mol. The third kappa shape index (κ3) is 1.95. The first-order chi connectivity index (χ1) is 13.5. The van der Waals surface area contributed by atoms with Crippen molar-refractivity contribution in [1.82, 2.24) is 0 Å². The van der Waals surface area contributed by atoms with E-state index in [1.807, 2.05) is 37.3 Å². The van der Waals surface area contributed by atoms with Crippen LogP contribution in [0, 0.1) is 17.0 Å². The number of piperidine rings is 1. The van der Waals surface area contributed by atoms with Crippen LogP contribution in [0.15, 0.2) is 35.9 Å². The van der Waals surface area contributed by atoms with Gasteiger partial charge >= 0.3 is 5.97 Å². The van der Waals surface area contributed by atoms with Gasteiger partial charge in [0.1, 0.15) is 6.04 Å². The molecule has 150 valence electrons. The minimum Gasteiger partial charge on any atom is -0.634 e. The molecule has 7 heteroatoms. The maximum absolute atomic E-state index is 13.2. The van der Waals surface area contributed by atoms with Crippen molar-refractivity contribution in [1.29, 1.82) is 0 Å². The molecule has 3 heterocycles. The van der Waals surface area contributed by atoms with Gasteiger partial charge in [0, 0.05) is 31.6 Å². The molecule has 1 aliphatic carbocycles. The van der Waals surface area contributed by atoms with Crippen molar-refractivity contribution in [3.63, 3.8) is 0 Å². The van der Waals surface area contributed by atoms with Crippen LogP contribution in [0.1, 0.15) is 25.3 Å². The minimum atomic E-state index is -0.983. The number of hydrogen-bond donors (Lipinski definition) is 2. The Kier molecular flexibility index (Phi) is 3.90. The van der Waals surface area contributed by atoms with E-state index in [4.69, 9.17) is 14.2 Å². The normalized spacial score (nSPS) is 44.4. The summed E-state index contributed by atoms with van der Waals surface area (Å²) in [6.07, 6.45) is 2.59. The smallest absolute Gasteiger partial charge is 0.310 e. The Balaban J connectivity index is 1.81. The molecular weight excluding hydrogens is 360 g/mol. The average Bonchev–Trinajstić information content (AvgIpc) is 3.19. The summed E-state index contributed by atoms with van der Waals surface area (Å²) < 4.78 is 17.4. The number of ether oxygens (including phenoxy) is 3. The Morgan fingerprint density at radius 2 is 2.18 bits per heavy atom. The lowest BCUT2D eigenvalue weighted by molar-refractivity contribution is -0.887. The van der Waals surface area contributed by atoms with Gasteiger partial charge in [0.25, 0.3) is 0 Å². The molecule has 0 spiro atoms. The van der Waals surface area contributed by atoms with Crippen molar-refractivity contribution in [2.45, 2.75) is 43.2 Å². The van der Waals surface area contributed by atoms with Crippen LogP contribution >= 0.6 is 0 Å². The van der Waals surface area contributed by atoms with E-state index in [-0.39, 0.29) is 23.0 Å². The molecule has 5 rings (SSSR count). The molecule has 28 heavy (non-hydrogen) atoms. The highest BCUT2D eigenvalue weighted by Gasteiger charge is 2.79. The molecule has 0 aromatic heterocycles.